The Hall–Kier alpha value is -1.83. The van der Waals surface area contributed by atoms with Gasteiger partial charge in [-0.25, -0.2) is 0 Å². The molecule has 0 spiro atoms. The maximum atomic E-state index is 8.14. The van der Waals surface area contributed by atoms with Gasteiger partial charge in [0.15, 0.2) is 0 Å². The Morgan fingerprint density at radius 1 is 1.18 bits per heavy atom. The van der Waals surface area contributed by atoms with Gasteiger partial charge in [-0.2, -0.15) is 0 Å². The van der Waals surface area contributed by atoms with Gasteiger partial charge in [-0.3, -0.25) is 0 Å². The van der Waals surface area contributed by atoms with E-state index in [1.165, 1.54) is 11.3 Å². The van der Waals surface area contributed by atoms with Gasteiger partial charge in [-0.15, -0.1) is 0 Å². The first-order valence-electron chi connectivity index (χ1n) is 6.05. The summed E-state index contributed by atoms with van der Waals surface area (Å²) in [6, 6.07) is 12.6. The quantitative estimate of drug-likeness (QED) is 0.745. The van der Waals surface area contributed by atoms with Crippen LogP contribution in [0.15, 0.2) is 36.4 Å². The maximum absolute atomic E-state index is 8.14. The highest BCUT2D eigenvalue weighted by atomic mass is 14.7. The Kier molecular flexibility index (Phi) is 2.36. The number of nitrogens with one attached hydrogen (secondary N) is 2. The molecule has 2 aromatic rings. The van der Waals surface area contributed by atoms with Gasteiger partial charge in [-0.05, 0) is 37.3 Å². The molecule has 3 rings (SSSR count). The Morgan fingerprint density at radius 2 is 1.94 bits per heavy atom. The van der Waals surface area contributed by atoms with Crippen molar-refractivity contribution < 1.29 is 0 Å². The van der Waals surface area contributed by atoms with Crippen LogP contribution < -0.4 is 0 Å². The number of fused-ring (bicyclic) bond motifs is 1. The lowest BCUT2D eigenvalue weighted by molar-refractivity contribution is 0.683. The van der Waals surface area contributed by atoms with Crippen LogP contribution in [0.1, 0.15) is 34.9 Å². The third-order valence-corrected chi connectivity index (χ3v) is 3.53. The van der Waals surface area contributed by atoms with E-state index < -0.39 is 0 Å². The number of hydrogen-bond acceptors (Lipinski definition) is 1. The van der Waals surface area contributed by atoms with Crippen molar-refractivity contribution in [3.63, 3.8) is 0 Å². The molecule has 0 saturated carbocycles. The van der Waals surface area contributed by atoms with Crippen LogP contribution in [0.25, 0.3) is 0 Å². The normalized spacial score (nSPS) is 19.1. The van der Waals surface area contributed by atoms with Crippen molar-refractivity contribution in [1.29, 1.82) is 5.41 Å². The van der Waals surface area contributed by atoms with Crippen LogP contribution in [-0.2, 0) is 6.42 Å². The fourth-order valence-corrected chi connectivity index (χ4v) is 2.71. The number of aryl methyl sites for hydroxylation is 1. The van der Waals surface area contributed by atoms with Crippen LogP contribution in [0.4, 0.5) is 0 Å². The number of H-pyrrole nitrogens is 1. The highest BCUT2D eigenvalue weighted by Gasteiger charge is 2.25. The molecule has 1 aliphatic rings. The second-order valence-corrected chi connectivity index (χ2v) is 4.84. The third kappa shape index (κ3) is 1.80. The lowest BCUT2D eigenvalue weighted by Crippen LogP contribution is -2.17. The van der Waals surface area contributed by atoms with E-state index in [1.807, 2.05) is 6.07 Å². The predicted molar refractivity (Wildman–Crippen MR) is 69.9 cm³/mol. The van der Waals surface area contributed by atoms with E-state index in [1.54, 1.807) is 0 Å². The number of rotatable bonds is 1. The summed E-state index contributed by atoms with van der Waals surface area (Å²) in [5.74, 6) is 0.453. The van der Waals surface area contributed by atoms with Crippen LogP contribution in [0, 0.1) is 12.3 Å². The molecule has 0 bridgehead atoms. The smallest absolute Gasteiger partial charge is 0.0410 e. The molecule has 1 aromatic carbocycles. The molecule has 1 aliphatic carbocycles. The van der Waals surface area contributed by atoms with Crippen molar-refractivity contribution in [2.24, 2.45) is 0 Å². The first-order valence-corrected chi connectivity index (χ1v) is 6.05. The standard InChI is InChI=1S/C15H16N2/c1-10-7-13-14(16)8-12(9-15(13)17-10)11-5-3-2-4-6-11/h2-7,12,16-17H,8-9H2,1H3. The van der Waals surface area contributed by atoms with Crippen molar-refractivity contribution in [2.45, 2.75) is 25.7 Å². The molecule has 17 heavy (non-hydrogen) atoms. The average Bonchev–Trinajstić information content (AvgIpc) is 2.71. The van der Waals surface area contributed by atoms with E-state index in [4.69, 9.17) is 5.41 Å². The van der Waals surface area contributed by atoms with Gasteiger partial charge in [0, 0.05) is 22.7 Å². The molecule has 2 heteroatoms. The van der Waals surface area contributed by atoms with E-state index in [9.17, 15) is 0 Å². The van der Waals surface area contributed by atoms with E-state index >= 15 is 0 Å². The SMILES string of the molecule is Cc1cc2c([nH]1)CC(c1ccccc1)CC2=N. The molecule has 0 radical (unpaired) electrons. The number of benzene rings is 1. The van der Waals surface area contributed by atoms with Crippen molar-refractivity contribution in [2.75, 3.05) is 0 Å². The molecule has 1 atom stereocenters. The van der Waals surface area contributed by atoms with Crippen molar-refractivity contribution in [3.05, 3.63) is 58.9 Å². The molecular formula is C15H16N2. The van der Waals surface area contributed by atoms with Crippen LogP contribution in [-0.4, -0.2) is 10.7 Å². The van der Waals surface area contributed by atoms with Gasteiger partial charge in [0.05, 0.1) is 0 Å². The van der Waals surface area contributed by atoms with Crippen molar-refractivity contribution >= 4 is 5.71 Å². The summed E-state index contributed by atoms with van der Waals surface area (Å²) in [6.45, 7) is 2.06. The fourth-order valence-electron chi connectivity index (χ4n) is 2.71. The van der Waals surface area contributed by atoms with Gasteiger partial charge in [0.25, 0.3) is 0 Å². The minimum absolute atomic E-state index is 0.453. The van der Waals surface area contributed by atoms with Crippen LogP contribution in [0.2, 0.25) is 0 Å². The largest absolute Gasteiger partial charge is 0.362 e. The topological polar surface area (TPSA) is 39.6 Å². The highest BCUT2D eigenvalue weighted by molar-refractivity contribution is 6.01. The number of aromatic amines is 1. The number of aromatic nitrogens is 1. The molecule has 0 fully saturated rings. The zero-order chi connectivity index (χ0) is 11.8. The summed E-state index contributed by atoms with van der Waals surface area (Å²) in [5.41, 5.74) is 5.62. The van der Waals surface area contributed by atoms with Gasteiger partial charge < -0.3 is 10.4 Å². The molecule has 0 amide bonds. The Balaban J connectivity index is 1.96. The summed E-state index contributed by atoms with van der Waals surface area (Å²) in [6.07, 6.45) is 1.88. The molecule has 1 aromatic heterocycles. The summed E-state index contributed by atoms with van der Waals surface area (Å²) in [4.78, 5) is 3.39. The summed E-state index contributed by atoms with van der Waals surface area (Å²) < 4.78 is 0. The fraction of sp³-hybridized carbons (Fsp3) is 0.267. The molecule has 1 heterocycles. The summed E-state index contributed by atoms with van der Waals surface area (Å²) in [7, 11) is 0. The Morgan fingerprint density at radius 3 is 2.71 bits per heavy atom. The summed E-state index contributed by atoms with van der Waals surface area (Å²) in [5, 5.41) is 8.14. The summed E-state index contributed by atoms with van der Waals surface area (Å²) >= 11 is 0. The molecule has 0 saturated heterocycles. The van der Waals surface area contributed by atoms with Crippen LogP contribution >= 0.6 is 0 Å². The maximum Gasteiger partial charge on any atom is 0.0410 e. The van der Waals surface area contributed by atoms with Gasteiger partial charge >= 0.3 is 0 Å². The zero-order valence-electron chi connectivity index (χ0n) is 9.96. The van der Waals surface area contributed by atoms with E-state index in [-0.39, 0.29) is 0 Å². The molecule has 0 aliphatic heterocycles. The molecule has 86 valence electrons. The van der Waals surface area contributed by atoms with Crippen molar-refractivity contribution in [1.82, 2.24) is 4.98 Å². The van der Waals surface area contributed by atoms with Gasteiger partial charge in [0.1, 0.15) is 0 Å². The molecule has 2 nitrogen and oxygen atoms in total. The minimum Gasteiger partial charge on any atom is -0.362 e. The lowest BCUT2D eigenvalue weighted by Gasteiger charge is -2.23. The predicted octanol–water partition coefficient (Wildman–Crippen LogP) is 3.42. The van der Waals surface area contributed by atoms with Gasteiger partial charge in [0.2, 0.25) is 0 Å². The third-order valence-electron chi connectivity index (χ3n) is 3.53. The Bertz CT molecular complexity index is 552. The molecular weight excluding hydrogens is 208 g/mol. The minimum atomic E-state index is 0.453. The first-order chi connectivity index (χ1) is 8.24. The first kappa shape index (κ1) is 10.3. The van der Waals surface area contributed by atoms with E-state index in [2.05, 4.69) is 42.2 Å². The van der Waals surface area contributed by atoms with Crippen molar-refractivity contribution in [3.8, 4) is 0 Å². The molecule has 1 unspecified atom stereocenters. The highest BCUT2D eigenvalue weighted by Crippen LogP contribution is 2.32. The van der Waals surface area contributed by atoms with Gasteiger partial charge in [-0.1, -0.05) is 30.3 Å². The Labute approximate surface area is 101 Å². The van der Waals surface area contributed by atoms with Crippen LogP contribution in [0.5, 0.6) is 0 Å². The van der Waals surface area contributed by atoms with E-state index in [0.717, 1.165) is 29.8 Å². The second kappa shape index (κ2) is 3.88. The van der Waals surface area contributed by atoms with E-state index in [0.29, 0.717) is 5.92 Å². The van der Waals surface area contributed by atoms with Crippen LogP contribution in [0.3, 0.4) is 0 Å². The lowest BCUT2D eigenvalue weighted by atomic mass is 9.82. The monoisotopic (exact) mass is 224 g/mol. The average molecular weight is 224 g/mol. The second-order valence-electron chi connectivity index (χ2n) is 4.84. The zero-order valence-corrected chi connectivity index (χ0v) is 9.96. The molecule has 2 N–H and O–H groups in total. The number of hydrogen-bond donors (Lipinski definition) is 2.